The molecule has 2 rings (SSSR count). The fourth-order valence-corrected chi connectivity index (χ4v) is 2.03. The van der Waals surface area contributed by atoms with E-state index in [1.807, 2.05) is 0 Å². The predicted octanol–water partition coefficient (Wildman–Crippen LogP) is 1.49. The molecule has 1 saturated carbocycles. The Labute approximate surface area is 67.0 Å². The molecule has 1 saturated heterocycles. The van der Waals surface area contributed by atoms with E-state index in [-0.39, 0.29) is 0 Å². The molecular formula is C8H15NS. The summed E-state index contributed by atoms with van der Waals surface area (Å²) in [6.07, 6.45) is 1.38. The summed E-state index contributed by atoms with van der Waals surface area (Å²) in [4.78, 5) is 0. The molecule has 1 aliphatic carbocycles. The van der Waals surface area contributed by atoms with Crippen LogP contribution in [0, 0.1) is 5.41 Å². The molecule has 1 heterocycles. The molecule has 2 aliphatic rings. The summed E-state index contributed by atoms with van der Waals surface area (Å²) in [6.45, 7) is 4.69. The van der Waals surface area contributed by atoms with Gasteiger partial charge in [-0.25, -0.2) is 0 Å². The van der Waals surface area contributed by atoms with Crippen molar-refractivity contribution in [3.05, 3.63) is 0 Å². The Hall–Kier alpha value is 0.310. The lowest BCUT2D eigenvalue weighted by molar-refractivity contribution is 0.498. The third-order valence-electron chi connectivity index (χ3n) is 2.59. The predicted molar refractivity (Wildman–Crippen MR) is 46.4 cm³/mol. The van der Waals surface area contributed by atoms with Gasteiger partial charge in [-0.3, -0.25) is 0 Å². The first-order valence-corrected chi connectivity index (χ1v) is 5.18. The first-order chi connectivity index (χ1) is 4.68. The van der Waals surface area contributed by atoms with Crippen LogP contribution < -0.4 is 5.32 Å². The summed E-state index contributed by atoms with van der Waals surface area (Å²) in [5, 5.41) is 3.66. The molecule has 2 fully saturated rings. The monoisotopic (exact) mass is 157 g/mol. The summed E-state index contributed by atoms with van der Waals surface area (Å²) in [5.41, 5.74) is 0.611. The van der Waals surface area contributed by atoms with Gasteiger partial charge in [0.2, 0.25) is 0 Å². The number of nitrogens with one attached hydrogen (secondary N) is 1. The van der Waals surface area contributed by atoms with Crippen molar-refractivity contribution in [2.45, 2.75) is 32.4 Å². The lowest BCUT2D eigenvalue weighted by atomic mass is 10.2. The molecule has 2 heteroatoms. The second kappa shape index (κ2) is 2.15. The van der Waals surface area contributed by atoms with E-state index in [9.17, 15) is 0 Å². The van der Waals surface area contributed by atoms with E-state index < -0.39 is 0 Å². The van der Waals surface area contributed by atoms with Crippen LogP contribution in [0.15, 0.2) is 0 Å². The maximum atomic E-state index is 3.66. The van der Waals surface area contributed by atoms with Crippen molar-refractivity contribution in [2.75, 3.05) is 11.5 Å². The van der Waals surface area contributed by atoms with Crippen LogP contribution in [0.5, 0.6) is 0 Å². The molecule has 58 valence electrons. The average Bonchev–Trinajstić information content (AvgIpc) is 2.29. The Morgan fingerprint density at radius 1 is 1.40 bits per heavy atom. The summed E-state index contributed by atoms with van der Waals surface area (Å²) < 4.78 is 0. The smallest absolute Gasteiger partial charge is 0.0251 e. The fourth-order valence-electron chi connectivity index (χ4n) is 1.37. The van der Waals surface area contributed by atoms with Crippen molar-refractivity contribution in [3.63, 3.8) is 0 Å². The normalized spacial score (nSPS) is 37.2. The highest BCUT2D eigenvalue weighted by atomic mass is 32.2. The van der Waals surface area contributed by atoms with Crippen molar-refractivity contribution >= 4 is 11.8 Å². The molecule has 1 unspecified atom stereocenters. The van der Waals surface area contributed by atoms with Crippen molar-refractivity contribution < 1.29 is 0 Å². The standard InChI is InChI=1S/C8H15NS/c1-8(2)3-7(8)9-6-4-10-5-6/h6-7,9H,3-5H2,1-2H3. The van der Waals surface area contributed by atoms with Gasteiger partial charge < -0.3 is 5.32 Å². The van der Waals surface area contributed by atoms with Crippen molar-refractivity contribution in [2.24, 2.45) is 5.41 Å². The Morgan fingerprint density at radius 3 is 2.30 bits per heavy atom. The third kappa shape index (κ3) is 1.19. The van der Waals surface area contributed by atoms with Gasteiger partial charge in [0, 0.05) is 23.6 Å². The largest absolute Gasteiger partial charge is 0.309 e. The van der Waals surface area contributed by atoms with Crippen LogP contribution in [0.25, 0.3) is 0 Å². The molecule has 0 spiro atoms. The molecule has 1 atom stereocenters. The highest BCUT2D eigenvalue weighted by Crippen LogP contribution is 2.45. The van der Waals surface area contributed by atoms with Gasteiger partial charge in [0.05, 0.1) is 0 Å². The molecule has 0 bridgehead atoms. The highest BCUT2D eigenvalue weighted by Gasteiger charge is 2.46. The van der Waals surface area contributed by atoms with E-state index in [1.165, 1.54) is 17.9 Å². The van der Waals surface area contributed by atoms with Crippen LogP contribution in [0.4, 0.5) is 0 Å². The summed E-state index contributed by atoms with van der Waals surface area (Å²) in [6, 6.07) is 1.68. The Kier molecular flexibility index (Phi) is 1.50. The van der Waals surface area contributed by atoms with Crippen LogP contribution in [-0.4, -0.2) is 23.6 Å². The van der Waals surface area contributed by atoms with E-state index in [4.69, 9.17) is 0 Å². The van der Waals surface area contributed by atoms with Gasteiger partial charge in [-0.2, -0.15) is 11.8 Å². The number of hydrogen-bond acceptors (Lipinski definition) is 2. The van der Waals surface area contributed by atoms with Crippen LogP contribution in [0.1, 0.15) is 20.3 Å². The molecule has 0 amide bonds. The minimum absolute atomic E-state index is 0.611. The lowest BCUT2D eigenvalue weighted by Crippen LogP contribution is -2.42. The second-order valence-corrected chi connectivity index (χ2v) is 5.22. The van der Waals surface area contributed by atoms with Crippen molar-refractivity contribution in [3.8, 4) is 0 Å². The van der Waals surface area contributed by atoms with Crippen molar-refractivity contribution in [1.82, 2.24) is 5.32 Å². The van der Waals surface area contributed by atoms with Crippen molar-refractivity contribution in [1.29, 1.82) is 0 Å². The van der Waals surface area contributed by atoms with Crippen LogP contribution in [0.3, 0.4) is 0 Å². The highest BCUT2D eigenvalue weighted by molar-refractivity contribution is 8.00. The van der Waals surface area contributed by atoms with E-state index >= 15 is 0 Å². The molecular weight excluding hydrogens is 142 g/mol. The summed E-state index contributed by atoms with van der Waals surface area (Å²) in [5.74, 6) is 2.68. The Morgan fingerprint density at radius 2 is 2.00 bits per heavy atom. The SMILES string of the molecule is CC1(C)CC1NC1CSC1. The zero-order chi connectivity index (χ0) is 7.19. The summed E-state index contributed by atoms with van der Waals surface area (Å²) in [7, 11) is 0. The Balaban J connectivity index is 1.73. The molecule has 1 aliphatic heterocycles. The second-order valence-electron chi connectivity index (χ2n) is 4.15. The average molecular weight is 157 g/mol. The van der Waals surface area contributed by atoms with E-state index in [0.29, 0.717) is 5.41 Å². The van der Waals surface area contributed by atoms with Gasteiger partial charge in [-0.15, -0.1) is 0 Å². The summed E-state index contributed by atoms with van der Waals surface area (Å²) >= 11 is 2.05. The lowest BCUT2D eigenvalue weighted by Gasteiger charge is -2.26. The minimum atomic E-state index is 0.611. The fraction of sp³-hybridized carbons (Fsp3) is 1.00. The topological polar surface area (TPSA) is 12.0 Å². The van der Waals surface area contributed by atoms with Gasteiger partial charge in [-0.05, 0) is 11.8 Å². The van der Waals surface area contributed by atoms with Gasteiger partial charge >= 0.3 is 0 Å². The van der Waals surface area contributed by atoms with Crippen LogP contribution in [-0.2, 0) is 0 Å². The maximum Gasteiger partial charge on any atom is 0.0251 e. The third-order valence-corrected chi connectivity index (χ3v) is 3.86. The first kappa shape index (κ1) is 6.99. The maximum absolute atomic E-state index is 3.66. The number of rotatable bonds is 2. The van der Waals surface area contributed by atoms with Gasteiger partial charge in [0.25, 0.3) is 0 Å². The molecule has 0 aromatic rings. The van der Waals surface area contributed by atoms with Gasteiger partial charge in [0.15, 0.2) is 0 Å². The molecule has 1 nitrogen and oxygen atoms in total. The Bertz CT molecular complexity index is 140. The molecule has 1 N–H and O–H groups in total. The molecule has 0 radical (unpaired) electrons. The number of hydrogen-bond donors (Lipinski definition) is 1. The van der Waals surface area contributed by atoms with E-state index in [1.54, 1.807) is 0 Å². The minimum Gasteiger partial charge on any atom is -0.309 e. The molecule has 0 aromatic heterocycles. The zero-order valence-corrected chi connectivity index (χ0v) is 7.50. The molecule has 10 heavy (non-hydrogen) atoms. The van der Waals surface area contributed by atoms with E-state index in [2.05, 4.69) is 30.9 Å². The van der Waals surface area contributed by atoms with E-state index in [0.717, 1.165) is 12.1 Å². The van der Waals surface area contributed by atoms with Crippen LogP contribution >= 0.6 is 11.8 Å². The molecule has 0 aromatic carbocycles. The zero-order valence-electron chi connectivity index (χ0n) is 6.68. The van der Waals surface area contributed by atoms with Gasteiger partial charge in [-0.1, -0.05) is 13.8 Å². The van der Waals surface area contributed by atoms with Crippen LogP contribution in [0.2, 0.25) is 0 Å². The quantitative estimate of drug-likeness (QED) is 0.652. The first-order valence-electron chi connectivity index (χ1n) is 4.02. The number of thioether (sulfide) groups is 1. The van der Waals surface area contributed by atoms with Gasteiger partial charge in [0.1, 0.15) is 0 Å².